The van der Waals surface area contributed by atoms with E-state index in [4.69, 9.17) is 4.74 Å². The van der Waals surface area contributed by atoms with Crippen LogP contribution in [0.15, 0.2) is 53.5 Å². The second-order valence-corrected chi connectivity index (χ2v) is 7.08. The Morgan fingerprint density at radius 3 is 2.44 bits per heavy atom. The average molecular weight is 335 g/mol. The summed E-state index contributed by atoms with van der Waals surface area (Å²) in [5.74, 6) is 1.13. The van der Waals surface area contributed by atoms with Crippen LogP contribution in [0.5, 0.6) is 5.75 Å². The minimum Gasteiger partial charge on any atom is -0.494 e. The number of hydrogen-bond donors (Lipinski definition) is 0. The molecule has 0 aliphatic carbocycles. The van der Waals surface area contributed by atoms with Gasteiger partial charge in [0.05, 0.1) is 23.6 Å². The van der Waals surface area contributed by atoms with Crippen LogP contribution in [0, 0.1) is 5.92 Å². The molecule has 1 atom stereocenters. The summed E-state index contributed by atoms with van der Waals surface area (Å²) in [6, 6.07) is 16.6. The van der Waals surface area contributed by atoms with E-state index in [1.807, 2.05) is 31.2 Å². The first-order chi connectivity index (χ1) is 11.9. The van der Waals surface area contributed by atoms with E-state index in [0.717, 1.165) is 11.4 Å². The minimum atomic E-state index is 0.00953. The molecule has 2 aromatic carbocycles. The van der Waals surface area contributed by atoms with E-state index in [1.54, 1.807) is 0 Å². The quantitative estimate of drug-likeness (QED) is 0.549. The predicted octanol–water partition coefficient (Wildman–Crippen LogP) is 5.13. The van der Waals surface area contributed by atoms with Crippen LogP contribution in [-0.2, 0) is 5.41 Å². The number of hydrogen-bond acceptors (Lipinski definition) is 2. The van der Waals surface area contributed by atoms with Gasteiger partial charge in [0.15, 0.2) is 5.71 Å². The molecule has 2 aromatic rings. The molecule has 1 heterocycles. The molecule has 0 saturated heterocycles. The van der Waals surface area contributed by atoms with Crippen molar-refractivity contribution in [2.45, 2.75) is 33.1 Å². The molecule has 130 valence electrons. The van der Waals surface area contributed by atoms with E-state index >= 15 is 0 Å². The monoisotopic (exact) mass is 335 g/mol. The van der Waals surface area contributed by atoms with Gasteiger partial charge in [0.1, 0.15) is 12.8 Å². The number of rotatable bonds is 5. The van der Waals surface area contributed by atoms with Gasteiger partial charge in [0.2, 0.25) is 5.69 Å². The zero-order valence-corrected chi connectivity index (χ0v) is 15.8. The molecule has 0 fully saturated rings. The second-order valence-electron chi connectivity index (χ2n) is 7.08. The third-order valence-electron chi connectivity index (χ3n) is 4.97. The maximum atomic E-state index is 5.48. The summed E-state index contributed by atoms with van der Waals surface area (Å²) in [4.78, 5) is 4.69. The van der Waals surface area contributed by atoms with Gasteiger partial charge < -0.3 is 4.74 Å². The molecule has 3 heteroatoms. The lowest BCUT2D eigenvalue weighted by atomic mass is 9.77. The molecule has 0 spiro atoms. The fourth-order valence-corrected chi connectivity index (χ4v) is 3.92. The Hall–Kier alpha value is -2.42. The zero-order valence-electron chi connectivity index (χ0n) is 15.8. The molecule has 1 aliphatic rings. The second kappa shape index (κ2) is 6.83. The highest BCUT2D eigenvalue weighted by Crippen LogP contribution is 2.40. The molecular weight excluding hydrogens is 308 g/mol. The van der Waals surface area contributed by atoms with Gasteiger partial charge in [-0.05, 0) is 52.0 Å². The largest absolute Gasteiger partial charge is 0.494 e. The van der Waals surface area contributed by atoms with Crippen molar-refractivity contribution in [1.29, 1.82) is 0 Å². The molecule has 0 aromatic heterocycles. The van der Waals surface area contributed by atoms with Crippen LogP contribution < -0.4 is 4.74 Å². The molecule has 1 unspecified atom stereocenters. The number of ether oxygens (including phenoxy) is 1. The molecule has 0 saturated carbocycles. The van der Waals surface area contributed by atoms with Gasteiger partial charge in [-0.1, -0.05) is 18.2 Å². The summed E-state index contributed by atoms with van der Waals surface area (Å²) in [5, 5.41) is 0. The van der Waals surface area contributed by atoms with Crippen molar-refractivity contribution in [2.24, 2.45) is 10.9 Å². The van der Waals surface area contributed by atoms with E-state index in [1.165, 1.54) is 17.0 Å². The highest BCUT2D eigenvalue weighted by Gasteiger charge is 2.45. The normalized spacial score (nSPS) is 17.0. The first-order valence-corrected chi connectivity index (χ1v) is 8.92. The third kappa shape index (κ3) is 3.23. The van der Waals surface area contributed by atoms with E-state index < -0.39 is 0 Å². The molecule has 0 radical (unpaired) electrons. The number of fused-ring (bicyclic) bond motifs is 1. The lowest BCUT2D eigenvalue weighted by Gasteiger charge is -2.20. The minimum absolute atomic E-state index is 0.00953. The van der Waals surface area contributed by atoms with Crippen molar-refractivity contribution in [3.8, 4) is 5.75 Å². The average Bonchev–Trinajstić information content (AvgIpc) is 2.81. The number of aliphatic imine (C=N–C) groups is 1. The standard InChI is InChI=1S/C22H27N2O/c1-6-25-18-13-11-17(12-14-18)23-15-16(2)21-22(3,4)19-9-7-8-10-20(19)24(21)5/h7-16H,6H2,1-5H3/q+1. The Labute approximate surface area is 150 Å². The van der Waals surface area contributed by atoms with Gasteiger partial charge in [0.25, 0.3) is 0 Å². The molecule has 0 bridgehead atoms. The van der Waals surface area contributed by atoms with Crippen LogP contribution in [0.4, 0.5) is 11.4 Å². The van der Waals surface area contributed by atoms with E-state index in [-0.39, 0.29) is 11.3 Å². The van der Waals surface area contributed by atoms with Crippen molar-refractivity contribution < 1.29 is 9.31 Å². The van der Waals surface area contributed by atoms with Gasteiger partial charge in [0, 0.05) is 17.8 Å². The van der Waals surface area contributed by atoms with Crippen LogP contribution in [0.2, 0.25) is 0 Å². The summed E-state index contributed by atoms with van der Waals surface area (Å²) in [5.41, 5.74) is 5.02. The Balaban J connectivity index is 1.84. The maximum absolute atomic E-state index is 5.48. The third-order valence-corrected chi connectivity index (χ3v) is 4.97. The highest BCUT2D eigenvalue weighted by molar-refractivity contribution is 6.04. The smallest absolute Gasteiger partial charge is 0.209 e. The van der Waals surface area contributed by atoms with Crippen molar-refractivity contribution in [3.05, 3.63) is 54.1 Å². The number of benzene rings is 2. The Kier molecular flexibility index (Phi) is 4.76. The molecule has 3 rings (SSSR count). The maximum Gasteiger partial charge on any atom is 0.209 e. The van der Waals surface area contributed by atoms with Crippen molar-refractivity contribution in [1.82, 2.24) is 0 Å². The van der Waals surface area contributed by atoms with Gasteiger partial charge in [-0.3, -0.25) is 4.99 Å². The molecular formula is C22H27N2O+. The van der Waals surface area contributed by atoms with Crippen LogP contribution in [0.25, 0.3) is 0 Å². The molecule has 1 aliphatic heterocycles. The summed E-state index contributed by atoms with van der Waals surface area (Å²) in [6.45, 7) is 9.48. The topological polar surface area (TPSA) is 24.6 Å². The predicted molar refractivity (Wildman–Crippen MR) is 105 cm³/mol. The van der Waals surface area contributed by atoms with Crippen LogP contribution >= 0.6 is 0 Å². The van der Waals surface area contributed by atoms with Crippen molar-refractivity contribution in [3.63, 3.8) is 0 Å². The SMILES string of the molecule is CCOc1ccc(N=CC(C)C2=[N+](C)c3ccccc3C2(C)C)cc1. The van der Waals surface area contributed by atoms with Crippen LogP contribution in [0.3, 0.4) is 0 Å². The summed E-state index contributed by atoms with van der Waals surface area (Å²) in [7, 11) is 2.16. The lowest BCUT2D eigenvalue weighted by Crippen LogP contribution is -2.34. The van der Waals surface area contributed by atoms with Crippen LogP contribution in [-0.4, -0.2) is 30.2 Å². The van der Waals surface area contributed by atoms with Gasteiger partial charge >= 0.3 is 0 Å². The van der Waals surface area contributed by atoms with Gasteiger partial charge in [-0.15, -0.1) is 0 Å². The summed E-state index contributed by atoms with van der Waals surface area (Å²) >= 11 is 0. The molecule has 3 nitrogen and oxygen atoms in total. The lowest BCUT2D eigenvalue weighted by molar-refractivity contribution is -0.404. The van der Waals surface area contributed by atoms with Crippen molar-refractivity contribution >= 4 is 23.3 Å². The van der Waals surface area contributed by atoms with Gasteiger partial charge in [-0.25, -0.2) is 4.58 Å². The van der Waals surface area contributed by atoms with E-state index in [0.29, 0.717) is 6.61 Å². The first kappa shape index (κ1) is 17.4. The van der Waals surface area contributed by atoms with E-state index in [9.17, 15) is 0 Å². The first-order valence-electron chi connectivity index (χ1n) is 8.92. The number of nitrogens with zero attached hydrogens (tertiary/aromatic N) is 2. The summed E-state index contributed by atoms with van der Waals surface area (Å²) in [6.07, 6.45) is 2.05. The Morgan fingerprint density at radius 2 is 1.80 bits per heavy atom. The van der Waals surface area contributed by atoms with E-state index in [2.05, 4.69) is 67.9 Å². The molecule has 0 N–H and O–H groups in total. The summed E-state index contributed by atoms with van der Waals surface area (Å²) < 4.78 is 7.81. The fraction of sp³-hybridized carbons (Fsp3) is 0.364. The molecule has 0 amide bonds. The van der Waals surface area contributed by atoms with Crippen LogP contribution in [0.1, 0.15) is 33.3 Å². The fourth-order valence-electron chi connectivity index (χ4n) is 3.92. The highest BCUT2D eigenvalue weighted by atomic mass is 16.5. The number of para-hydroxylation sites is 1. The van der Waals surface area contributed by atoms with Gasteiger partial charge in [-0.2, -0.15) is 0 Å². The van der Waals surface area contributed by atoms with Crippen molar-refractivity contribution in [2.75, 3.05) is 13.7 Å². The zero-order chi connectivity index (χ0) is 18.0. The Bertz CT molecular complexity index is 816. The molecule has 25 heavy (non-hydrogen) atoms. The Morgan fingerprint density at radius 1 is 1.12 bits per heavy atom.